The monoisotopic (exact) mass is 384 g/mol. The smallest absolute Gasteiger partial charge is 0.254 e. The molecule has 1 N–H and O–H groups in total. The van der Waals surface area contributed by atoms with Crippen LogP contribution in [0.2, 0.25) is 5.02 Å². The second-order valence-electron chi connectivity index (χ2n) is 6.79. The minimum Gasteiger partial charge on any atom is -0.296 e. The molecule has 1 aliphatic rings. The minimum absolute atomic E-state index is 0.0839. The number of carbonyl (C=O) groups is 1. The van der Waals surface area contributed by atoms with Crippen LogP contribution in [0.1, 0.15) is 16.7 Å². The van der Waals surface area contributed by atoms with E-state index in [-0.39, 0.29) is 5.91 Å². The number of benzene rings is 2. The van der Waals surface area contributed by atoms with Crippen molar-refractivity contribution < 1.29 is 4.79 Å². The predicted molar refractivity (Wildman–Crippen MR) is 110 cm³/mol. The summed E-state index contributed by atoms with van der Waals surface area (Å²) in [5.74, 6) is -0.0839. The van der Waals surface area contributed by atoms with Crippen molar-refractivity contribution in [2.24, 2.45) is 5.10 Å². The molecule has 1 amide bonds. The van der Waals surface area contributed by atoms with Crippen LogP contribution in [0.25, 0.3) is 0 Å². The summed E-state index contributed by atoms with van der Waals surface area (Å²) in [6.07, 6.45) is 1.69. The molecule has 0 aliphatic carbocycles. The average Bonchev–Trinajstić information content (AvgIpc) is 2.67. The summed E-state index contributed by atoms with van der Waals surface area (Å²) in [7, 11) is 0. The molecule has 0 saturated carbocycles. The minimum atomic E-state index is -0.0839. The van der Waals surface area contributed by atoms with Crippen LogP contribution in [0.5, 0.6) is 0 Å². The topological polar surface area (TPSA) is 47.9 Å². The second-order valence-corrected chi connectivity index (χ2v) is 7.20. The molecule has 6 heteroatoms. The Morgan fingerprint density at radius 3 is 2.48 bits per heavy atom. The normalized spacial score (nSPS) is 15.9. The van der Waals surface area contributed by atoms with Gasteiger partial charge in [0.05, 0.1) is 12.8 Å². The molecule has 1 saturated heterocycles. The molecule has 2 aromatic carbocycles. The summed E-state index contributed by atoms with van der Waals surface area (Å²) in [5.41, 5.74) is 5.91. The van der Waals surface area contributed by atoms with Crippen molar-refractivity contribution in [1.82, 2.24) is 15.2 Å². The molecular weight excluding hydrogens is 360 g/mol. The zero-order chi connectivity index (χ0) is 19.1. The lowest BCUT2D eigenvalue weighted by atomic mass is 10.1. The SMILES string of the molecule is Cc1ccccc1C=NNC(=O)CN1CCN(Cc2ccccc2Cl)CC1. The number of hydrogen-bond donors (Lipinski definition) is 1. The molecule has 1 heterocycles. The molecular formula is C21H25ClN4O. The molecule has 0 bridgehead atoms. The van der Waals surface area contributed by atoms with Gasteiger partial charge in [-0.2, -0.15) is 5.10 Å². The molecule has 3 rings (SSSR count). The first-order valence-electron chi connectivity index (χ1n) is 9.17. The predicted octanol–water partition coefficient (Wildman–Crippen LogP) is 2.92. The Balaban J connectivity index is 1.40. The lowest BCUT2D eigenvalue weighted by Gasteiger charge is -2.34. The van der Waals surface area contributed by atoms with E-state index in [0.717, 1.165) is 54.4 Å². The number of hydrogen-bond acceptors (Lipinski definition) is 4. The van der Waals surface area contributed by atoms with Crippen LogP contribution in [-0.4, -0.2) is 54.6 Å². The van der Waals surface area contributed by atoms with E-state index < -0.39 is 0 Å². The van der Waals surface area contributed by atoms with Crippen molar-refractivity contribution in [2.45, 2.75) is 13.5 Å². The molecule has 1 aliphatic heterocycles. The molecule has 27 heavy (non-hydrogen) atoms. The van der Waals surface area contributed by atoms with E-state index in [1.165, 1.54) is 0 Å². The molecule has 1 fully saturated rings. The second kappa shape index (κ2) is 9.65. The van der Waals surface area contributed by atoms with Gasteiger partial charge in [0, 0.05) is 37.7 Å². The Hall–Kier alpha value is -2.21. The van der Waals surface area contributed by atoms with E-state index in [2.05, 4.69) is 26.4 Å². The molecule has 0 atom stereocenters. The summed E-state index contributed by atoms with van der Waals surface area (Å²) in [6, 6.07) is 15.9. The Morgan fingerprint density at radius 1 is 1.07 bits per heavy atom. The van der Waals surface area contributed by atoms with Crippen LogP contribution in [0.3, 0.4) is 0 Å². The molecule has 0 unspecified atom stereocenters. The largest absolute Gasteiger partial charge is 0.296 e. The lowest BCUT2D eigenvalue weighted by molar-refractivity contribution is -0.122. The molecule has 142 valence electrons. The van der Waals surface area contributed by atoms with Gasteiger partial charge in [0.25, 0.3) is 5.91 Å². The van der Waals surface area contributed by atoms with Crippen LogP contribution >= 0.6 is 11.6 Å². The fourth-order valence-corrected chi connectivity index (χ4v) is 3.31. The number of aryl methyl sites for hydroxylation is 1. The van der Waals surface area contributed by atoms with Gasteiger partial charge in [0.1, 0.15) is 0 Å². The van der Waals surface area contributed by atoms with Gasteiger partial charge in [-0.15, -0.1) is 0 Å². The van der Waals surface area contributed by atoms with Gasteiger partial charge in [-0.05, 0) is 29.7 Å². The highest BCUT2D eigenvalue weighted by molar-refractivity contribution is 6.31. The Kier molecular flexibility index (Phi) is 6.98. The van der Waals surface area contributed by atoms with Crippen LogP contribution in [-0.2, 0) is 11.3 Å². The number of rotatable bonds is 6. The first-order chi connectivity index (χ1) is 13.1. The lowest BCUT2D eigenvalue weighted by Crippen LogP contribution is -2.48. The van der Waals surface area contributed by atoms with Gasteiger partial charge in [-0.3, -0.25) is 14.6 Å². The Labute approximate surface area is 165 Å². The molecule has 2 aromatic rings. The molecule has 5 nitrogen and oxygen atoms in total. The fraction of sp³-hybridized carbons (Fsp3) is 0.333. The molecule has 0 spiro atoms. The van der Waals surface area contributed by atoms with Gasteiger partial charge >= 0.3 is 0 Å². The standard InChI is InChI=1S/C21H25ClN4O/c1-17-6-2-3-7-18(17)14-23-24-21(27)16-26-12-10-25(11-13-26)15-19-8-4-5-9-20(19)22/h2-9,14H,10-13,15-16H2,1H3,(H,24,27). The van der Waals surface area contributed by atoms with Crippen LogP contribution in [0.4, 0.5) is 0 Å². The van der Waals surface area contributed by atoms with E-state index in [0.29, 0.717) is 6.54 Å². The summed E-state index contributed by atoms with van der Waals surface area (Å²) in [4.78, 5) is 16.6. The molecule has 0 radical (unpaired) electrons. The van der Waals surface area contributed by atoms with Crippen LogP contribution < -0.4 is 5.43 Å². The van der Waals surface area contributed by atoms with Gasteiger partial charge in [-0.25, -0.2) is 5.43 Å². The average molecular weight is 385 g/mol. The highest BCUT2D eigenvalue weighted by atomic mass is 35.5. The van der Waals surface area contributed by atoms with Crippen molar-refractivity contribution in [3.63, 3.8) is 0 Å². The third-order valence-corrected chi connectivity index (χ3v) is 5.13. The van der Waals surface area contributed by atoms with E-state index >= 15 is 0 Å². The van der Waals surface area contributed by atoms with E-state index in [1.54, 1.807) is 6.21 Å². The van der Waals surface area contributed by atoms with Gasteiger partial charge in [0.15, 0.2) is 0 Å². The Bertz CT molecular complexity index is 800. The maximum atomic E-state index is 12.1. The van der Waals surface area contributed by atoms with Crippen molar-refractivity contribution >= 4 is 23.7 Å². The number of nitrogens with zero attached hydrogens (tertiary/aromatic N) is 3. The summed E-state index contributed by atoms with van der Waals surface area (Å²) < 4.78 is 0. The first-order valence-corrected chi connectivity index (χ1v) is 9.55. The van der Waals surface area contributed by atoms with E-state index in [4.69, 9.17) is 11.6 Å². The fourth-order valence-electron chi connectivity index (χ4n) is 3.12. The molecule has 0 aromatic heterocycles. The summed E-state index contributed by atoms with van der Waals surface area (Å²) in [5, 5.41) is 4.88. The number of nitrogens with one attached hydrogen (secondary N) is 1. The van der Waals surface area contributed by atoms with Crippen LogP contribution in [0.15, 0.2) is 53.6 Å². The number of piperazine rings is 1. The zero-order valence-electron chi connectivity index (χ0n) is 15.6. The highest BCUT2D eigenvalue weighted by Crippen LogP contribution is 2.17. The zero-order valence-corrected chi connectivity index (χ0v) is 16.3. The van der Waals surface area contributed by atoms with Gasteiger partial charge < -0.3 is 0 Å². The third-order valence-electron chi connectivity index (χ3n) is 4.77. The summed E-state index contributed by atoms with van der Waals surface area (Å²) in [6.45, 7) is 6.80. The quantitative estimate of drug-likeness (QED) is 0.615. The van der Waals surface area contributed by atoms with Gasteiger partial charge in [-0.1, -0.05) is 54.1 Å². The number of halogens is 1. The first kappa shape index (κ1) is 19.5. The van der Waals surface area contributed by atoms with E-state index in [1.807, 2.05) is 49.4 Å². The van der Waals surface area contributed by atoms with Crippen molar-refractivity contribution in [2.75, 3.05) is 32.7 Å². The third kappa shape index (κ3) is 5.89. The number of hydrazone groups is 1. The number of carbonyl (C=O) groups excluding carboxylic acids is 1. The van der Waals surface area contributed by atoms with Crippen molar-refractivity contribution in [3.8, 4) is 0 Å². The maximum absolute atomic E-state index is 12.1. The van der Waals surface area contributed by atoms with Gasteiger partial charge in [0.2, 0.25) is 0 Å². The van der Waals surface area contributed by atoms with Crippen LogP contribution in [0, 0.1) is 6.92 Å². The van der Waals surface area contributed by atoms with Crippen molar-refractivity contribution in [3.05, 3.63) is 70.2 Å². The highest BCUT2D eigenvalue weighted by Gasteiger charge is 2.19. The van der Waals surface area contributed by atoms with E-state index in [9.17, 15) is 4.79 Å². The summed E-state index contributed by atoms with van der Waals surface area (Å²) >= 11 is 6.24. The van der Waals surface area contributed by atoms with Crippen molar-refractivity contribution in [1.29, 1.82) is 0 Å². The Morgan fingerprint density at radius 2 is 1.74 bits per heavy atom. The maximum Gasteiger partial charge on any atom is 0.254 e. The number of amides is 1.